The maximum atomic E-state index is 12.3. The monoisotopic (exact) mass is 317 g/mol. The largest absolute Gasteiger partial charge is 0.392 e. The van der Waals surface area contributed by atoms with E-state index in [9.17, 15) is 13.5 Å². The average molecular weight is 317 g/mol. The van der Waals surface area contributed by atoms with Gasteiger partial charge in [-0.15, -0.1) is 0 Å². The van der Waals surface area contributed by atoms with Crippen molar-refractivity contribution in [1.29, 1.82) is 5.26 Å². The third-order valence-corrected chi connectivity index (χ3v) is 4.34. The molecular weight excluding hydrogens is 302 g/mol. The molecule has 5 nitrogen and oxygen atoms in total. The van der Waals surface area contributed by atoms with Crippen LogP contribution in [0.1, 0.15) is 16.7 Å². The molecule has 0 amide bonds. The van der Waals surface area contributed by atoms with Gasteiger partial charge in [0.1, 0.15) is 10.6 Å². The first-order valence-corrected chi connectivity index (χ1v) is 7.98. The average Bonchev–Trinajstić information content (AvgIpc) is 2.48. The van der Waals surface area contributed by atoms with Gasteiger partial charge >= 0.3 is 10.1 Å². The predicted molar refractivity (Wildman–Crippen MR) is 80.7 cm³/mol. The zero-order chi connectivity index (χ0) is 16.2. The Morgan fingerprint density at radius 2 is 1.86 bits per heavy atom. The van der Waals surface area contributed by atoms with Crippen molar-refractivity contribution >= 4 is 10.1 Å². The quantitative estimate of drug-likeness (QED) is 0.855. The summed E-state index contributed by atoms with van der Waals surface area (Å²) in [4.78, 5) is 0.0349. The number of rotatable bonds is 5. The van der Waals surface area contributed by atoms with E-state index in [-0.39, 0.29) is 23.7 Å². The summed E-state index contributed by atoms with van der Waals surface area (Å²) in [5.41, 5.74) is 1.90. The van der Waals surface area contributed by atoms with E-state index < -0.39 is 10.1 Å². The molecule has 0 aliphatic heterocycles. The third kappa shape index (κ3) is 3.64. The highest BCUT2D eigenvalue weighted by atomic mass is 32.2. The van der Waals surface area contributed by atoms with Crippen LogP contribution in [0.15, 0.2) is 47.4 Å². The molecule has 22 heavy (non-hydrogen) atoms. The lowest BCUT2D eigenvalue weighted by molar-refractivity contribution is 0.278. The fraction of sp³-hybridized carbons (Fsp3) is 0.188. The summed E-state index contributed by atoms with van der Waals surface area (Å²) in [6, 6.07) is 12.9. The van der Waals surface area contributed by atoms with E-state index in [0.717, 1.165) is 5.56 Å². The molecule has 0 saturated carbocycles. The van der Waals surface area contributed by atoms with Crippen LogP contribution in [-0.2, 0) is 23.1 Å². The minimum absolute atomic E-state index is 0.0349. The molecule has 6 heteroatoms. The SMILES string of the molecule is Cc1ccc(S(=O)(=O)Oc2cc(CC#N)ccc2CO)cc1. The standard InChI is InChI=1S/C16H15NO4S/c1-12-2-6-15(7-3-12)22(19,20)21-16-10-13(8-9-17)4-5-14(16)11-18/h2-7,10,18H,8,11H2,1H3. The molecule has 0 radical (unpaired) electrons. The van der Waals surface area contributed by atoms with Gasteiger partial charge in [0.25, 0.3) is 0 Å². The van der Waals surface area contributed by atoms with E-state index in [1.165, 1.54) is 18.2 Å². The number of aryl methyl sites for hydroxylation is 1. The Bertz CT molecular complexity index is 805. The summed E-state index contributed by atoms with van der Waals surface area (Å²) < 4.78 is 29.7. The van der Waals surface area contributed by atoms with Crippen molar-refractivity contribution in [2.45, 2.75) is 24.8 Å². The molecule has 0 aliphatic rings. The number of nitriles is 1. The highest BCUT2D eigenvalue weighted by Crippen LogP contribution is 2.25. The Balaban J connectivity index is 2.38. The highest BCUT2D eigenvalue weighted by Gasteiger charge is 2.18. The number of hydrogen-bond donors (Lipinski definition) is 1. The molecule has 1 N–H and O–H groups in total. The molecule has 0 heterocycles. The minimum Gasteiger partial charge on any atom is -0.392 e. The van der Waals surface area contributed by atoms with Gasteiger partial charge in [-0.1, -0.05) is 29.8 Å². The van der Waals surface area contributed by atoms with Crippen molar-refractivity contribution in [3.05, 3.63) is 59.2 Å². The molecule has 0 spiro atoms. The van der Waals surface area contributed by atoms with Gasteiger partial charge in [-0.05, 0) is 30.7 Å². The summed E-state index contributed by atoms with van der Waals surface area (Å²) in [7, 11) is -3.99. The van der Waals surface area contributed by atoms with E-state index in [2.05, 4.69) is 0 Å². The van der Waals surface area contributed by atoms with Crippen LogP contribution in [0.25, 0.3) is 0 Å². The van der Waals surface area contributed by atoms with Gasteiger partial charge < -0.3 is 9.29 Å². The summed E-state index contributed by atoms with van der Waals surface area (Å²) in [5, 5.41) is 18.0. The fourth-order valence-electron chi connectivity index (χ4n) is 1.88. The van der Waals surface area contributed by atoms with E-state index >= 15 is 0 Å². The van der Waals surface area contributed by atoms with Gasteiger partial charge in [0.05, 0.1) is 19.1 Å². The van der Waals surface area contributed by atoms with Crippen LogP contribution >= 0.6 is 0 Å². The van der Waals surface area contributed by atoms with Gasteiger partial charge in [-0.3, -0.25) is 0 Å². The second kappa shape index (κ2) is 6.60. The number of nitrogens with zero attached hydrogens (tertiary/aromatic N) is 1. The van der Waals surface area contributed by atoms with Gasteiger partial charge in [0.2, 0.25) is 0 Å². The zero-order valence-electron chi connectivity index (χ0n) is 12.0. The first-order valence-electron chi connectivity index (χ1n) is 6.57. The number of benzene rings is 2. The van der Waals surface area contributed by atoms with Crippen LogP contribution in [0.3, 0.4) is 0 Å². The number of aliphatic hydroxyl groups is 1. The highest BCUT2D eigenvalue weighted by molar-refractivity contribution is 7.87. The van der Waals surface area contributed by atoms with Crippen LogP contribution < -0.4 is 4.18 Å². The molecule has 2 aromatic carbocycles. The van der Waals surface area contributed by atoms with Crippen molar-refractivity contribution in [3.8, 4) is 11.8 Å². The molecular formula is C16H15NO4S. The van der Waals surface area contributed by atoms with Crippen molar-refractivity contribution in [1.82, 2.24) is 0 Å². The summed E-state index contributed by atoms with van der Waals surface area (Å²) in [6.45, 7) is 1.50. The molecule has 0 aromatic heterocycles. The molecule has 0 aliphatic carbocycles. The topological polar surface area (TPSA) is 87.4 Å². The van der Waals surface area contributed by atoms with Crippen LogP contribution in [0.2, 0.25) is 0 Å². The van der Waals surface area contributed by atoms with Crippen molar-refractivity contribution < 1.29 is 17.7 Å². The van der Waals surface area contributed by atoms with E-state index in [4.69, 9.17) is 9.44 Å². The van der Waals surface area contributed by atoms with Crippen LogP contribution in [-0.4, -0.2) is 13.5 Å². The van der Waals surface area contributed by atoms with Crippen molar-refractivity contribution in [2.75, 3.05) is 0 Å². The molecule has 0 bridgehead atoms. The Hall–Kier alpha value is -2.36. The van der Waals surface area contributed by atoms with Gasteiger partial charge in [-0.2, -0.15) is 13.7 Å². The third-order valence-electron chi connectivity index (χ3n) is 3.09. The molecule has 2 rings (SSSR count). The summed E-state index contributed by atoms with van der Waals surface area (Å²) in [6.07, 6.45) is 0.132. The molecule has 0 fully saturated rings. The number of aliphatic hydroxyl groups excluding tert-OH is 1. The molecule has 114 valence electrons. The molecule has 0 atom stereocenters. The Morgan fingerprint density at radius 1 is 1.18 bits per heavy atom. The minimum atomic E-state index is -3.99. The second-order valence-corrected chi connectivity index (χ2v) is 6.33. The zero-order valence-corrected chi connectivity index (χ0v) is 12.8. The molecule has 0 saturated heterocycles. The summed E-state index contributed by atoms with van der Waals surface area (Å²) >= 11 is 0. The lowest BCUT2D eigenvalue weighted by Crippen LogP contribution is -2.11. The van der Waals surface area contributed by atoms with Crippen LogP contribution in [0.5, 0.6) is 5.75 Å². The Kier molecular flexibility index (Phi) is 4.81. The lowest BCUT2D eigenvalue weighted by Gasteiger charge is -2.11. The fourth-order valence-corrected chi connectivity index (χ4v) is 2.84. The lowest BCUT2D eigenvalue weighted by atomic mass is 10.1. The first-order chi connectivity index (χ1) is 10.5. The molecule has 0 unspecified atom stereocenters. The van der Waals surface area contributed by atoms with E-state index in [1.807, 2.05) is 13.0 Å². The van der Waals surface area contributed by atoms with E-state index in [0.29, 0.717) is 11.1 Å². The predicted octanol–water partition coefficient (Wildman–Crippen LogP) is 2.32. The van der Waals surface area contributed by atoms with Crippen LogP contribution in [0.4, 0.5) is 0 Å². The molecule has 2 aromatic rings. The smallest absolute Gasteiger partial charge is 0.339 e. The van der Waals surface area contributed by atoms with Gasteiger partial charge in [0.15, 0.2) is 0 Å². The van der Waals surface area contributed by atoms with Gasteiger partial charge in [-0.25, -0.2) is 0 Å². The normalized spacial score (nSPS) is 11.0. The van der Waals surface area contributed by atoms with Crippen molar-refractivity contribution in [2.24, 2.45) is 0 Å². The van der Waals surface area contributed by atoms with Crippen LogP contribution in [0, 0.1) is 18.3 Å². The summed E-state index contributed by atoms with van der Waals surface area (Å²) in [5.74, 6) is 0.0378. The second-order valence-electron chi connectivity index (χ2n) is 4.79. The van der Waals surface area contributed by atoms with Crippen molar-refractivity contribution in [3.63, 3.8) is 0 Å². The Labute approximate surface area is 129 Å². The number of hydrogen-bond acceptors (Lipinski definition) is 5. The van der Waals surface area contributed by atoms with Gasteiger partial charge in [0, 0.05) is 5.56 Å². The van der Waals surface area contributed by atoms with E-state index in [1.54, 1.807) is 24.3 Å². The first kappa shape index (κ1) is 16.0. The Morgan fingerprint density at radius 3 is 2.45 bits per heavy atom. The maximum Gasteiger partial charge on any atom is 0.339 e. The maximum absolute atomic E-state index is 12.3.